The molecular formula is C40H46ClF2N14NaO2. The maximum Gasteiger partial charge on any atom is 1.00 e. The molecule has 0 radical (unpaired) electrons. The molecule has 0 fully saturated rings. The normalized spacial score (nSPS) is 17.2. The van der Waals surface area contributed by atoms with Gasteiger partial charge in [0, 0.05) is 36.5 Å². The molecule has 1 N–H and O–H groups in total. The first-order valence-electron chi connectivity index (χ1n) is 25.6. The Morgan fingerprint density at radius 3 is 1.80 bits per heavy atom. The molecule has 0 amide bonds. The summed E-state index contributed by atoms with van der Waals surface area (Å²) in [5.74, 6) is -2.90. The Labute approximate surface area is 397 Å². The SMILES string of the molecule is [2H]C([2H])(O)c1ncnn1C([2H])([2H])C.[2H]C([2H])(Oc1nn2c(-c3ccccc3F)nnc2cc1C(C)(C)C([2H])([2H])[2H])c1ncnn1C([2H])([2H])C([2H])([2H])[2H].[2H]C([2H])([2H])C(C)(C)c1cc2nnc(-c3ccccc3F)n2nc1Cl.[H-].[Na+]. The van der Waals surface area contributed by atoms with Crippen LogP contribution in [0.1, 0.15) is 103 Å². The molecule has 20 heteroatoms. The van der Waals surface area contributed by atoms with Gasteiger partial charge in [0.25, 0.3) is 0 Å². The van der Waals surface area contributed by atoms with Crippen LogP contribution in [0.4, 0.5) is 8.78 Å². The zero-order valence-electron chi connectivity index (χ0n) is 50.7. The number of nitrogens with zero attached hydrogens (tertiary/aromatic N) is 14. The van der Waals surface area contributed by atoms with E-state index in [1.165, 1.54) is 61.7 Å². The second-order valence-corrected chi connectivity index (χ2v) is 13.5. The van der Waals surface area contributed by atoms with Gasteiger partial charge >= 0.3 is 29.6 Å². The van der Waals surface area contributed by atoms with Crippen molar-refractivity contribution in [1.29, 1.82) is 0 Å². The third-order valence-electron chi connectivity index (χ3n) is 8.04. The topological polar surface area (TPSA) is 177 Å². The molecule has 6 aromatic heterocycles. The van der Waals surface area contributed by atoms with Crippen LogP contribution in [-0.4, -0.2) is 74.3 Å². The van der Waals surface area contributed by atoms with Gasteiger partial charge in [-0.15, -0.1) is 25.5 Å². The Hall–Kier alpha value is -5.27. The van der Waals surface area contributed by atoms with Crippen LogP contribution in [0.2, 0.25) is 5.15 Å². The van der Waals surface area contributed by atoms with E-state index in [-0.39, 0.29) is 74.8 Å². The van der Waals surface area contributed by atoms with Crippen LogP contribution in [0.15, 0.2) is 73.3 Å². The summed E-state index contributed by atoms with van der Waals surface area (Å²) in [5, 5.41) is 40.3. The Balaban J connectivity index is 0.000000285. The van der Waals surface area contributed by atoms with Gasteiger partial charge in [0.2, 0.25) is 5.88 Å². The summed E-state index contributed by atoms with van der Waals surface area (Å²) < 4.78 is 168. The van der Waals surface area contributed by atoms with E-state index in [9.17, 15) is 8.78 Å². The van der Waals surface area contributed by atoms with Gasteiger partial charge in [-0.3, -0.25) is 0 Å². The standard InChI is InChI=1S/C20H22FN7O.C15H14ClFN4.C5H9N3O.Na.H/c1-5-27-17(22-12-23-27)11-29-19-14(20(2,3)4)10-16-24-25-18(28(16)26-19)13-8-6-7-9-15(13)21;1-15(2,3)10-8-12-18-19-14(21(12)20-13(10)16)9-6-4-5-7-11(9)17;1-2-8-5(3-9)6-4-7-8;;/h6-10,12H,5,11H2,1-4H3;4-8H,1-3H3;4,9H,2-3H2,1H3;;/q;;;+1;-1/i1D3,2D3,5D2,11D2;1D3;2D2,3D2;;. The molecule has 8 aromatic rings. The van der Waals surface area contributed by atoms with Crippen molar-refractivity contribution in [3.8, 4) is 28.7 Å². The first-order chi connectivity index (χ1) is 34.6. The predicted molar refractivity (Wildman–Crippen MR) is 218 cm³/mol. The maximum atomic E-state index is 14.5. The van der Waals surface area contributed by atoms with Crippen LogP contribution in [0.5, 0.6) is 5.88 Å². The minimum atomic E-state index is -3.26. The molecule has 16 nitrogen and oxygen atoms in total. The molecule has 0 aliphatic heterocycles. The van der Waals surface area contributed by atoms with Gasteiger partial charge in [-0.25, -0.2) is 28.1 Å². The van der Waals surface area contributed by atoms with E-state index in [2.05, 4.69) is 50.8 Å². The number of fused-ring (bicyclic) bond motifs is 2. The Bertz CT molecular complexity index is 3360. The first kappa shape index (κ1) is 27.6. The van der Waals surface area contributed by atoms with E-state index in [1.807, 2.05) is 0 Å². The first-order valence-corrected chi connectivity index (χ1v) is 17.4. The Morgan fingerprint density at radius 1 is 0.767 bits per heavy atom. The molecular weight excluding hydrogens is 805 g/mol. The minimum Gasteiger partial charge on any atom is -1.00 e. The number of rotatable bonds is 8. The van der Waals surface area contributed by atoms with Gasteiger partial charge in [0.05, 0.1) is 22.1 Å². The van der Waals surface area contributed by atoms with Crippen molar-refractivity contribution in [3.63, 3.8) is 0 Å². The summed E-state index contributed by atoms with van der Waals surface area (Å²) in [6.07, 6.45) is 1.74. The molecule has 60 heavy (non-hydrogen) atoms. The van der Waals surface area contributed by atoms with Crippen molar-refractivity contribution in [2.24, 2.45) is 0 Å². The van der Waals surface area contributed by atoms with E-state index >= 15 is 0 Å². The van der Waals surface area contributed by atoms with Crippen molar-refractivity contribution in [3.05, 3.63) is 113 Å². The molecule has 0 unspecified atom stereocenters. The van der Waals surface area contributed by atoms with Gasteiger partial charge in [-0.2, -0.15) is 24.3 Å². The molecule has 0 saturated heterocycles. The average Bonchev–Trinajstić information content (AvgIpc) is 4.12. The van der Waals surface area contributed by atoms with Gasteiger partial charge in [-0.1, -0.05) is 77.3 Å². The summed E-state index contributed by atoms with van der Waals surface area (Å²) in [6, 6.07) is 14.5. The number of halogens is 3. The van der Waals surface area contributed by atoms with E-state index in [0.717, 1.165) is 17.2 Å². The fraction of sp³-hybridized carbons (Fsp3) is 0.350. The minimum absolute atomic E-state index is 0. The third-order valence-corrected chi connectivity index (χ3v) is 8.32. The maximum absolute atomic E-state index is 14.5. The van der Waals surface area contributed by atoms with E-state index in [4.69, 9.17) is 44.7 Å². The van der Waals surface area contributed by atoms with Crippen LogP contribution < -0.4 is 34.3 Å². The van der Waals surface area contributed by atoms with Crippen molar-refractivity contribution in [2.45, 2.75) is 92.1 Å². The predicted octanol–water partition coefficient (Wildman–Crippen LogP) is 4.21. The van der Waals surface area contributed by atoms with E-state index in [0.29, 0.717) is 15.9 Å². The van der Waals surface area contributed by atoms with Crippen molar-refractivity contribution < 1.29 is 72.9 Å². The third kappa shape index (κ3) is 10.2. The van der Waals surface area contributed by atoms with Gasteiger partial charge in [-0.05, 0) is 61.0 Å². The number of hydrogen-bond acceptors (Lipinski definition) is 12. The van der Waals surface area contributed by atoms with Crippen LogP contribution in [0.25, 0.3) is 34.1 Å². The molecule has 0 aliphatic rings. The van der Waals surface area contributed by atoms with Crippen LogP contribution >= 0.6 is 11.6 Å². The fourth-order valence-electron chi connectivity index (χ4n) is 5.18. The molecule has 0 aliphatic carbocycles. The summed E-state index contributed by atoms with van der Waals surface area (Å²) in [7, 11) is 0. The van der Waals surface area contributed by atoms with E-state index < -0.39 is 86.7 Å². The monoisotopic (exact) mass is 867 g/mol. The number of hydrogen-bond donors (Lipinski definition) is 1. The molecule has 0 spiro atoms. The zero-order chi connectivity index (χ0) is 57.2. The molecule has 8 rings (SSSR count). The molecule has 6 heterocycles. The summed E-state index contributed by atoms with van der Waals surface area (Å²) in [5.41, 5.74) is -2.17. The number of aliphatic hydroxyl groups is 1. The quantitative estimate of drug-likeness (QED) is 0.216. The summed E-state index contributed by atoms with van der Waals surface area (Å²) in [6.45, 7) is -12.0. The second kappa shape index (κ2) is 19.4. The number of benzene rings is 2. The number of ether oxygens (including phenoxy) is 1. The van der Waals surface area contributed by atoms with Gasteiger partial charge in [0.1, 0.15) is 37.4 Å². The van der Waals surface area contributed by atoms with Gasteiger partial charge < -0.3 is 11.3 Å². The largest absolute Gasteiger partial charge is 1.00 e. The molecule has 2 aromatic carbocycles. The molecule has 0 saturated carbocycles. The van der Waals surface area contributed by atoms with Crippen LogP contribution in [-0.2, 0) is 36.9 Å². The van der Waals surface area contributed by atoms with Crippen LogP contribution in [0.3, 0.4) is 0 Å². The average molecular weight is 868 g/mol. The fourth-order valence-corrected chi connectivity index (χ4v) is 5.54. The van der Waals surface area contributed by atoms with Crippen molar-refractivity contribution in [2.75, 3.05) is 0 Å². The van der Waals surface area contributed by atoms with E-state index in [1.54, 1.807) is 38.1 Å². The van der Waals surface area contributed by atoms with Crippen LogP contribution in [0, 0.1) is 11.6 Å². The molecule has 0 atom stereocenters. The zero-order valence-corrected chi connectivity index (χ0v) is 35.4. The van der Waals surface area contributed by atoms with Crippen molar-refractivity contribution in [1.82, 2.24) is 69.2 Å². The Kier molecular flexibility index (Phi) is 8.91. The Morgan fingerprint density at radius 2 is 1.28 bits per heavy atom. The summed E-state index contributed by atoms with van der Waals surface area (Å²) in [4.78, 5) is 7.12. The second-order valence-electron chi connectivity index (χ2n) is 13.2. The van der Waals surface area contributed by atoms with Crippen molar-refractivity contribution >= 4 is 22.9 Å². The number of aryl methyl sites for hydroxylation is 2. The smallest absolute Gasteiger partial charge is 1.00 e. The summed E-state index contributed by atoms with van der Waals surface area (Å²) >= 11 is 6.22. The number of aromatic nitrogens is 14. The molecule has 0 bridgehead atoms. The molecule has 310 valence electrons. The van der Waals surface area contributed by atoms with Gasteiger partial charge in [0.15, 0.2) is 39.7 Å².